The summed E-state index contributed by atoms with van der Waals surface area (Å²) in [6.45, 7) is 14.9. The smallest absolute Gasteiger partial charge is 0.140 e. The van der Waals surface area contributed by atoms with Gasteiger partial charge in [-0.1, -0.05) is 45.4 Å². The zero-order valence-electron chi connectivity index (χ0n) is 13.5. The van der Waals surface area contributed by atoms with Crippen LogP contribution in [0.2, 0.25) is 0 Å². The highest BCUT2D eigenvalue weighted by Gasteiger charge is 2.26. The minimum atomic E-state index is 0.167. The molecule has 1 aromatic rings. The molecule has 1 aromatic carbocycles. The number of hydrogen-bond acceptors (Lipinski definition) is 1. The Morgan fingerprint density at radius 1 is 0.947 bits per heavy atom. The van der Waals surface area contributed by atoms with Crippen molar-refractivity contribution in [2.24, 2.45) is 17.8 Å². The van der Waals surface area contributed by atoms with Gasteiger partial charge in [0.2, 0.25) is 0 Å². The van der Waals surface area contributed by atoms with E-state index in [4.69, 9.17) is 0 Å². The maximum atomic E-state index is 12.6. The number of carbonyl (C=O) groups excluding carboxylic acids is 1. The summed E-state index contributed by atoms with van der Waals surface area (Å²) >= 11 is 0. The van der Waals surface area contributed by atoms with E-state index in [2.05, 4.69) is 60.6 Å². The molecule has 0 atom stereocenters. The highest BCUT2D eigenvalue weighted by molar-refractivity contribution is 5.84. The maximum absolute atomic E-state index is 12.6. The molecule has 106 valence electrons. The third-order valence-corrected chi connectivity index (χ3v) is 4.00. The molecule has 0 aliphatic rings. The molecule has 1 nitrogen and oxygen atoms in total. The minimum Gasteiger partial charge on any atom is -0.299 e. The van der Waals surface area contributed by atoms with Gasteiger partial charge in [-0.15, -0.1) is 0 Å². The van der Waals surface area contributed by atoms with Crippen LogP contribution >= 0.6 is 0 Å². The fraction of sp³-hybridized carbons (Fsp3) is 0.611. The Morgan fingerprint density at radius 3 is 1.74 bits per heavy atom. The number of carbonyl (C=O) groups is 1. The van der Waals surface area contributed by atoms with Gasteiger partial charge in [-0.3, -0.25) is 4.79 Å². The molecule has 0 amide bonds. The van der Waals surface area contributed by atoms with E-state index in [9.17, 15) is 4.79 Å². The van der Waals surface area contributed by atoms with E-state index in [1.54, 1.807) is 0 Å². The fourth-order valence-corrected chi connectivity index (χ4v) is 3.29. The van der Waals surface area contributed by atoms with Crippen LogP contribution in [0.4, 0.5) is 0 Å². The molecule has 1 heteroatoms. The number of rotatable bonds is 5. The first-order chi connectivity index (χ1) is 8.73. The lowest BCUT2D eigenvalue weighted by molar-refractivity contribution is -0.125. The number of benzene rings is 1. The van der Waals surface area contributed by atoms with Gasteiger partial charge in [-0.05, 0) is 49.3 Å². The van der Waals surface area contributed by atoms with Crippen molar-refractivity contribution in [1.29, 1.82) is 0 Å². The second-order valence-corrected chi connectivity index (χ2v) is 6.53. The fourth-order valence-electron chi connectivity index (χ4n) is 3.29. The molecule has 0 bridgehead atoms. The molecule has 0 saturated heterocycles. The van der Waals surface area contributed by atoms with Gasteiger partial charge < -0.3 is 0 Å². The van der Waals surface area contributed by atoms with Crippen LogP contribution in [0.15, 0.2) is 12.1 Å². The van der Waals surface area contributed by atoms with Gasteiger partial charge in [0, 0.05) is 12.3 Å². The quantitative estimate of drug-likeness (QED) is 0.753. The topological polar surface area (TPSA) is 17.1 Å². The summed E-state index contributed by atoms with van der Waals surface area (Å²) in [5.74, 6) is 1.39. The van der Waals surface area contributed by atoms with E-state index < -0.39 is 0 Å². The van der Waals surface area contributed by atoms with Crippen LogP contribution in [-0.4, -0.2) is 5.78 Å². The molecule has 1 rings (SSSR count). The summed E-state index contributed by atoms with van der Waals surface area (Å²) in [6.07, 6.45) is 0.582. The Labute approximate surface area is 118 Å². The Bertz CT molecular complexity index is 424. The first-order valence-electron chi connectivity index (χ1n) is 7.33. The van der Waals surface area contributed by atoms with E-state index >= 15 is 0 Å². The largest absolute Gasteiger partial charge is 0.299 e. The van der Waals surface area contributed by atoms with Crippen LogP contribution in [-0.2, 0) is 11.2 Å². The lowest BCUT2D eigenvalue weighted by atomic mass is 9.79. The van der Waals surface area contributed by atoms with Crippen LogP contribution < -0.4 is 0 Å². The van der Waals surface area contributed by atoms with Crippen LogP contribution in [0, 0.1) is 38.5 Å². The van der Waals surface area contributed by atoms with Gasteiger partial charge in [0.25, 0.3) is 0 Å². The number of hydrogen-bond donors (Lipinski definition) is 0. The molecule has 19 heavy (non-hydrogen) atoms. The van der Waals surface area contributed by atoms with Gasteiger partial charge in [0.1, 0.15) is 5.78 Å². The number of Topliss-reactive ketones (excluding diaryl/α,β-unsaturated/α-hetero) is 1. The normalized spacial score (nSPS) is 11.7. The highest BCUT2D eigenvalue weighted by Crippen LogP contribution is 2.25. The third kappa shape index (κ3) is 3.92. The zero-order valence-corrected chi connectivity index (χ0v) is 13.5. The SMILES string of the molecule is Cc1cc(C)c(CC(=O)C(C(C)C)C(C)C)c(C)c1. The lowest BCUT2D eigenvalue weighted by Gasteiger charge is -2.24. The summed E-state index contributed by atoms with van der Waals surface area (Å²) in [5, 5.41) is 0. The van der Waals surface area contributed by atoms with E-state index in [1.165, 1.54) is 22.3 Å². The summed E-state index contributed by atoms with van der Waals surface area (Å²) in [6, 6.07) is 4.35. The minimum absolute atomic E-state index is 0.167. The van der Waals surface area contributed by atoms with Crippen LogP contribution in [0.5, 0.6) is 0 Å². The Kier molecular flexibility index (Phi) is 5.34. The predicted molar refractivity (Wildman–Crippen MR) is 82.5 cm³/mol. The molecule has 0 unspecified atom stereocenters. The van der Waals surface area contributed by atoms with Crippen molar-refractivity contribution >= 4 is 5.78 Å². The first kappa shape index (κ1) is 15.9. The van der Waals surface area contributed by atoms with Crippen molar-refractivity contribution in [3.05, 3.63) is 34.4 Å². The molecule has 0 aliphatic heterocycles. The van der Waals surface area contributed by atoms with E-state index in [0.717, 1.165) is 0 Å². The summed E-state index contributed by atoms with van der Waals surface area (Å²) in [7, 11) is 0. The predicted octanol–water partition coefficient (Wildman–Crippen LogP) is 4.65. The van der Waals surface area contributed by atoms with Crippen LogP contribution in [0.1, 0.15) is 49.9 Å². The standard InChI is InChI=1S/C18H28O/c1-11(2)18(12(3)4)17(19)10-16-14(6)8-13(5)9-15(16)7/h8-9,11-12,18H,10H2,1-7H3. The summed E-state index contributed by atoms with van der Waals surface area (Å²) in [5.41, 5.74) is 4.99. The molecule has 0 aromatic heterocycles. The van der Waals surface area contributed by atoms with Gasteiger partial charge in [-0.2, -0.15) is 0 Å². The molecule has 0 aliphatic carbocycles. The number of aryl methyl sites for hydroxylation is 3. The molecular formula is C18H28O. The Morgan fingerprint density at radius 2 is 1.37 bits per heavy atom. The van der Waals surface area contributed by atoms with Crippen molar-refractivity contribution in [1.82, 2.24) is 0 Å². The second kappa shape index (κ2) is 6.36. The average molecular weight is 260 g/mol. The van der Waals surface area contributed by atoms with Crippen LogP contribution in [0.25, 0.3) is 0 Å². The molecule has 0 N–H and O–H groups in total. The monoisotopic (exact) mass is 260 g/mol. The zero-order chi connectivity index (χ0) is 14.7. The molecular weight excluding hydrogens is 232 g/mol. The van der Waals surface area contributed by atoms with Crippen LogP contribution in [0.3, 0.4) is 0 Å². The van der Waals surface area contributed by atoms with E-state index in [1.807, 2.05) is 0 Å². The third-order valence-electron chi connectivity index (χ3n) is 4.00. The molecule has 0 radical (unpaired) electrons. The molecule has 0 heterocycles. The Balaban J connectivity index is 2.99. The van der Waals surface area contributed by atoms with Gasteiger partial charge in [-0.25, -0.2) is 0 Å². The van der Waals surface area contributed by atoms with Crippen molar-refractivity contribution in [2.45, 2.75) is 54.9 Å². The molecule has 0 spiro atoms. The van der Waals surface area contributed by atoms with Crippen molar-refractivity contribution < 1.29 is 4.79 Å². The first-order valence-corrected chi connectivity index (χ1v) is 7.33. The van der Waals surface area contributed by atoms with Gasteiger partial charge >= 0.3 is 0 Å². The van der Waals surface area contributed by atoms with Gasteiger partial charge in [0.05, 0.1) is 0 Å². The van der Waals surface area contributed by atoms with E-state index in [-0.39, 0.29) is 5.92 Å². The highest BCUT2D eigenvalue weighted by atomic mass is 16.1. The Hall–Kier alpha value is -1.11. The summed E-state index contributed by atoms with van der Waals surface area (Å²) in [4.78, 5) is 12.6. The average Bonchev–Trinajstić information content (AvgIpc) is 2.22. The van der Waals surface area contributed by atoms with Gasteiger partial charge in [0.15, 0.2) is 0 Å². The number of ketones is 1. The summed E-state index contributed by atoms with van der Waals surface area (Å²) < 4.78 is 0. The maximum Gasteiger partial charge on any atom is 0.140 e. The van der Waals surface area contributed by atoms with Crippen molar-refractivity contribution in [3.8, 4) is 0 Å². The molecule has 0 fully saturated rings. The van der Waals surface area contributed by atoms with Crippen molar-refractivity contribution in [2.75, 3.05) is 0 Å². The lowest BCUT2D eigenvalue weighted by Crippen LogP contribution is -2.27. The molecule has 0 saturated carbocycles. The second-order valence-electron chi connectivity index (χ2n) is 6.53. The van der Waals surface area contributed by atoms with Crippen molar-refractivity contribution in [3.63, 3.8) is 0 Å². The van der Waals surface area contributed by atoms with E-state index in [0.29, 0.717) is 24.0 Å².